The van der Waals surface area contributed by atoms with Gasteiger partial charge in [-0.2, -0.15) is 0 Å². The molecule has 25 heavy (non-hydrogen) atoms. The summed E-state index contributed by atoms with van der Waals surface area (Å²) in [4.78, 5) is 13.9. The normalized spacial score (nSPS) is 22.8. The standard InChI is InChI=1S/C18H17ClFN3O2/c19-13-5-3-12(4-6-13)18(16(24)25)15(9-10-23(18)17(21)22)11-1-7-14(20)8-2-11/h1-8,15H,9-10H2,(H3,21,22)(H,24,25)/t15?,18-/m0/s1. The number of nitrogens with zero attached hydrogens (tertiary/aromatic N) is 1. The van der Waals surface area contributed by atoms with Gasteiger partial charge in [-0.25, -0.2) is 9.18 Å². The summed E-state index contributed by atoms with van der Waals surface area (Å²) in [6, 6.07) is 12.3. The summed E-state index contributed by atoms with van der Waals surface area (Å²) in [5, 5.41) is 18.5. The lowest BCUT2D eigenvalue weighted by molar-refractivity contribution is -0.149. The Kier molecular flexibility index (Phi) is 4.39. The van der Waals surface area contributed by atoms with Crippen molar-refractivity contribution in [2.75, 3.05) is 6.54 Å². The molecule has 1 fully saturated rings. The van der Waals surface area contributed by atoms with Crippen LogP contribution in [-0.4, -0.2) is 28.5 Å². The van der Waals surface area contributed by atoms with Gasteiger partial charge in [0.1, 0.15) is 5.82 Å². The third-order valence-corrected chi connectivity index (χ3v) is 5.00. The number of nitrogens with one attached hydrogen (secondary N) is 1. The number of halogens is 2. The Labute approximate surface area is 149 Å². The summed E-state index contributed by atoms with van der Waals surface area (Å²) in [7, 11) is 0. The maximum atomic E-state index is 13.3. The van der Waals surface area contributed by atoms with E-state index in [9.17, 15) is 14.3 Å². The van der Waals surface area contributed by atoms with Crippen LogP contribution in [0.3, 0.4) is 0 Å². The second-order valence-corrected chi connectivity index (χ2v) is 6.44. The molecule has 4 N–H and O–H groups in total. The molecule has 130 valence electrons. The summed E-state index contributed by atoms with van der Waals surface area (Å²) < 4.78 is 13.3. The fraction of sp³-hybridized carbons (Fsp3) is 0.222. The molecule has 7 heteroatoms. The quantitative estimate of drug-likeness (QED) is 0.578. The second-order valence-electron chi connectivity index (χ2n) is 6.01. The van der Waals surface area contributed by atoms with E-state index >= 15 is 0 Å². The van der Waals surface area contributed by atoms with E-state index in [0.717, 1.165) is 0 Å². The van der Waals surface area contributed by atoms with Crippen molar-refractivity contribution in [3.05, 3.63) is 70.5 Å². The highest BCUT2D eigenvalue weighted by Crippen LogP contribution is 2.49. The number of likely N-dealkylation sites (tertiary alicyclic amines) is 1. The summed E-state index contributed by atoms with van der Waals surface area (Å²) in [5.41, 5.74) is 5.32. The van der Waals surface area contributed by atoms with E-state index in [1.807, 2.05) is 0 Å². The smallest absolute Gasteiger partial charge is 0.335 e. The average molecular weight is 362 g/mol. The van der Waals surface area contributed by atoms with E-state index < -0.39 is 23.2 Å². The van der Waals surface area contributed by atoms with E-state index in [4.69, 9.17) is 22.7 Å². The Balaban J connectivity index is 2.23. The molecule has 0 aromatic heterocycles. The van der Waals surface area contributed by atoms with Crippen LogP contribution in [-0.2, 0) is 10.3 Å². The number of carboxylic acid groups (broad SMARTS) is 1. The molecule has 1 aliphatic rings. The third kappa shape index (κ3) is 2.72. The van der Waals surface area contributed by atoms with Gasteiger partial charge in [0.2, 0.25) is 0 Å². The van der Waals surface area contributed by atoms with Crippen molar-refractivity contribution in [2.45, 2.75) is 17.9 Å². The largest absolute Gasteiger partial charge is 0.479 e. The molecule has 0 aliphatic carbocycles. The topological polar surface area (TPSA) is 90.4 Å². The van der Waals surface area contributed by atoms with E-state index in [2.05, 4.69) is 0 Å². The van der Waals surface area contributed by atoms with E-state index in [-0.39, 0.29) is 5.96 Å². The van der Waals surface area contributed by atoms with Crippen molar-refractivity contribution in [3.63, 3.8) is 0 Å². The molecule has 1 saturated heterocycles. The zero-order valence-electron chi connectivity index (χ0n) is 13.2. The number of benzene rings is 2. The van der Waals surface area contributed by atoms with Crippen molar-refractivity contribution >= 4 is 23.5 Å². The molecule has 1 aliphatic heterocycles. The van der Waals surface area contributed by atoms with Gasteiger partial charge in [-0.1, -0.05) is 35.9 Å². The van der Waals surface area contributed by atoms with Crippen LogP contribution in [0.2, 0.25) is 5.02 Å². The molecule has 2 atom stereocenters. The van der Waals surface area contributed by atoms with Gasteiger partial charge in [-0.05, 0) is 41.8 Å². The Morgan fingerprint density at radius 3 is 2.36 bits per heavy atom. The maximum absolute atomic E-state index is 13.3. The van der Waals surface area contributed by atoms with E-state index in [1.54, 1.807) is 36.4 Å². The van der Waals surface area contributed by atoms with Crippen LogP contribution in [0, 0.1) is 11.2 Å². The number of carbonyl (C=O) groups is 1. The van der Waals surface area contributed by atoms with Crippen molar-refractivity contribution in [1.29, 1.82) is 5.41 Å². The van der Waals surface area contributed by atoms with Gasteiger partial charge in [-0.3, -0.25) is 5.41 Å². The van der Waals surface area contributed by atoms with Crippen LogP contribution in [0.1, 0.15) is 23.5 Å². The molecule has 3 rings (SSSR count). The Bertz CT molecular complexity index is 810. The summed E-state index contributed by atoms with van der Waals surface area (Å²) in [6.07, 6.45) is 0.472. The Morgan fingerprint density at radius 2 is 1.84 bits per heavy atom. The van der Waals surface area contributed by atoms with Crippen LogP contribution in [0.25, 0.3) is 0 Å². The first-order valence-electron chi connectivity index (χ1n) is 7.74. The third-order valence-electron chi connectivity index (χ3n) is 4.74. The van der Waals surface area contributed by atoms with Gasteiger partial charge < -0.3 is 15.7 Å². The number of hydrogen-bond donors (Lipinski definition) is 3. The van der Waals surface area contributed by atoms with Crippen molar-refractivity contribution in [2.24, 2.45) is 5.73 Å². The number of carboxylic acids is 1. The molecule has 2 aromatic carbocycles. The van der Waals surface area contributed by atoms with Gasteiger partial charge in [0.25, 0.3) is 0 Å². The molecule has 0 spiro atoms. The molecule has 0 amide bonds. The zero-order valence-corrected chi connectivity index (χ0v) is 14.0. The highest BCUT2D eigenvalue weighted by atomic mass is 35.5. The zero-order chi connectivity index (χ0) is 18.2. The van der Waals surface area contributed by atoms with Crippen molar-refractivity contribution in [1.82, 2.24) is 4.90 Å². The Hall–Kier alpha value is -2.60. The van der Waals surface area contributed by atoms with Crippen LogP contribution >= 0.6 is 11.6 Å². The predicted octanol–water partition coefficient (Wildman–Crippen LogP) is 3.14. The summed E-state index contributed by atoms with van der Waals surface area (Å²) in [5.74, 6) is -2.31. The molecule has 0 radical (unpaired) electrons. The molecular weight excluding hydrogens is 345 g/mol. The second kappa shape index (κ2) is 6.37. The molecule has 0 bridgehead atoms. The lowest BCUT2D eigenvalue weighted by Gasteiger charge is -2.39. The van der Waals surface area contributed by atoms with Gasteiger partial charge in [0.15, 0.2) is 11.5 Å². The first-order chi connectivity index (χ1) is 11.9. The highest BCUT2D eigenvalue weighted by Gasteiger charge is 2.57. The van der Waals surface area contributed by atoms with Gasteiger partial charge in [0, 0.05) is 17.5 Å². The SMILES string of the molecule is N=C(N)N1CCC(c2ccc(F)cc2)[C@]1(C(=O)O)c1ccc(Cl)cc1. The van der Waals surface area contributed by atoms with Crippen LogP contribution < -0.4 is 5.73 Å². The molecular formula is C18H17ClFN3O2. The number of guanidine groups is 1. The fourth-order valence-corrected chi connectivity index (χ4v) is 3.82. The minimum Gasteiger partial charge on any atom is -0.479 e. The predicted molar refractivity (Wildman–Crippen MR) is 93.1 cm³/mol. The van der Waals surface area contributed by atoms with Crippen molar-refractivity contribution in [3.8, 4) is 0 Å². The van der Waals surface area contributed by atoms with Crippen LogP contribution in [0.4, 0.5) is 4.39 Å². The number of hydrogen-bond acceptors (Lipinski definition) is 2. The number of nitrogens with two attached hydrogens (primary N) is 1. The van der Waals surface area contributed by atoms with E-state index in [1.165, 1.54) is 17.0 Å². The maximum Gasteiger partial charge on any atom is 0.335 e. The number of aliphatic carboxylic acids is 1. The van der Waals surface area contributed by atoms with Gasteiger partial charge >= 0.3 is 5.97 Å². The molecule has 5 nitrogen and oxygen atoms in total. The lowest BCUT2D eigenvalue weighted by atomic mass is 9.75. The fourth-order valence-electron chi connectivity index (χ4n) is 3.69. The molecule has 2 aromatic rings. The first kappa shape index (κ1) is 17.2. The van der Waals surface area contributed by atoms with E-state index in [0.29, 0.717) is 29.1 Å². The summed E-state index contributed by atoms with van der Waals surface area (Å²) in [6.45, 7) is 0.312. The monoisotopic (exact) mass is 361 g/mol. The average Bonchev–Trinajstić information content (AvgIpc) is 2.98. The number of rotatable bonds is 3. The summed E-state index contributed by atoms with van der Waals surface area (Å²) >= 11 is 5.94. The highest BCUT2D eigenvalue weighted by molar-refractivity contribution is 6.30. The minimum atomic E-state index is -1.55. The van der Waals surface area contributed by atoms with Crippen LogP contribution in [0.15, 0.2) is 48.5 Å². The van der Waals surface area contributed by atoms with Gasteiger partial charge in [0.05, 0.1) is 0 Å². The van der Waals surface area contributed by atoms with Crippen LogP contribution in [0.5, 0.6) is 0 Å². The lowest BCUT2D eigenvalue weighted by Crippen LogP contribution is -2.55. The van der Waals surface area contributed by atoms with Gasteiger partial charge in [-0.15, -0.1) is 0 Å². The van der Waals surface area contributed by atoms with Crippen molar-refractivity contribution < 1.29 is 14.3 Å². The first-order valence-corrected chi connectivity index (χ1v) is 8.11. The molecule has 1 heterocycles. The Morgan fingerprint density at radius 1 is 1.24 bits per heavy atom. The molecule has 0 saturated carbocycles. The molecule has 1 unspecified atom stereocenters. The minimum absolute atomic E-state index is 0.312.